The van der Waals surface area contributed by atoms with E-state index in [1.54, 1.807) is 76.2 Å². The zero-order chi connectivity index (χ0) is 42.7. The van der Waals surface area contributed by atoms with E-state index in [-0.39, 0.29) is 30.6 Å². The van der Waals surface area contributed by atoms with Gasteiger partial charge in [0.25, 0.3) is 0 Å². The first-order chi connectivity index (χ1) is 27.0. The summed E-state index contributed by atoms with van der Waals surface area (Å²) in [5.41, 5.74) is -8.51. The molecule has 1 unspecified atom stereocenters. The molecule has 15 nitrogen and oxygen atoms in total. The molecule has 1 heterocycles. The van der Waals surface area contributed by atoms with Crippen molar-refractivity contribution in [1.29, 1.82) is 0 Å². The molecule has 6 rings (SSSR count). The van der Waals surface area contributed by atoms with Gasteiger partial charge in [0.1, 0.15) is 35.6 Å². The Morgan fingerprint density at radius 2 is 1.55 bits per heavy atom. The average molecular weight is 808 g/mol. The molecule has 58 heavy (non-hydrogen) atoms. The number of hydrogen-bond donors (Lipinski definition) is 5. The van der Waals surface area contributed by atoms with E-state index in [0.29, 0.717) is 11.1 Å². The predicted molar refractivity (Wildman–Crippen MR) is 204 cm³/mol. The zero-order valence-electron chi connectivity index (χ0n) is 33.9. The first kappa shape index (κ1) is 42.9. The summed E-state index contributed by atoms with van der Waals surface area (Å²) in [7, 11) is 0. The lowest BCUT2D eigenvalue weighted by molar-refractivity contribution is -0.361. The van der Waals surface area contributed by atoms with E-state index in [2.05, 4.69) is 5.32 Å². The summed E-state index contributed by atoms with van der Waals surface area (Å²) >= 11 is 0. The van der Waals surface area contributed by atoms with E-state index in [9.17, 15) is 44.4 Å². The minimum absolute atomic E-state index is 0.0502. The van der Waals surface area contributed by atoms with Crippen molar-refractivity contribution in [3.63, 3.8) is 0 Å². The number of rotatable bonds is 8. The first-order valence-electron chi connectivity index (χ1n) is 19.3. The fourth-order valence-corrected chi connectivity index (χ4v) is 9.71. The molecule has 2 aromatic rings. The lowest BCUT2D eigenvalue weighted by atomic mass is 9.44. The van der Waals surface area contributed by atoms with Gasteiger partial charge >= 0.3 is 24.0 Å². The number of alkyl carbamates (subject to hydrolysis) is 1. The highest BCUT2D eigenvalue weighted by Gasteiger charge is 2.79. The van der Waals surface area contributed by atoms with Crippen LogP contribution >= 0.6 is 0 Å². The van der Waals surface area contributed by atoms with Gasteiger partial charge in [0.15, 0.2) is 17.5 Å². The van der Waals surface area contributed by atoms with Crippen LogP contribution in [-0.2, 0) is 38.1 Å². The van der Waals surface area contributed by atoms with Crippen molar-refractivity contribution in [2.75, 3.05) is 6.61 Å². The van der Waals surface area contributed by atoms with E-state index < -0.39 is 106 Å². The molecule has 1 amide bonds. The van der Waals surface area contributed by atoms with Gasteiger partial charge in [0.05, 0.1) is 30.2 Å². The molecule has 2 saturated carbocycles. The third-order valence-electron chi connectivity index (χ3n) is 12.5. The molecular formula is C43H53NO14. The Hall–Kier alpha value is -4.67. The molecule has 15 heteroatoms. The highest BCUT2D eigenvalue weighted by atomic mass is 16.6. The van der Waals surface area contributed by atoms with Gasteiger partial charge in [-0.2, -0.15) is 0 Å². The fraction of sp³-hybridized carbons (Fsp3) is 0.558. The summed E-state index contributed by atoms with van der Waals surface area (Å²) in [6.45, 7) is 11.7. The number of ether oxygens (including phenoxy) is 5. The number of aliphatic hydroxyl groups excluding tert-OH is 3. The molecule has 2 bridgehead atoms. The SMILES string of the molecule is CC(=O)O[C@@]12CO[C@@H]1C[C@H](O)[C@@]1(C)C(O)C(=O)C3=C(C)C[C@@H](OC(=O)[C@H](O)[C@@H](NC(=O)OC(C)(C)C)c4ccccc4)[C@@](O)([C@@H](OC(=O)c4ccccc4)[C@H]21)C3(C)C. The minimum atomic E-state index is -2.62. The van der Waals surface area contributed by atoms with Crippen LogP contribution in [0.4, 0.5) is 4.79 Å². The Kier molecular flexibility index (Phi) is 11.2. The number of carbonyl (C=O) groups is 5. The summed E-state index contributed by atoms with van der Waals surface area (Å²) < 4.78 is 29.8. The monoisotopic (exact) mass is 807 g/mol. The molecule has 2 aromatic carbocycles. The second kappa shape index (κ2) is 15.2. The van der Waals surface area contributed by atoms with Crippen LogP contribution in [0.3, 0.4) is 0 Å². The van der Waals surface area contributed by atoms with E-state index in [4.69, 9.17) is 23.7 Å². The van der Waals surface area contributed by atoms with Crippen LogP contribution in [0.25, 0.3) is 0 Å². The second-order valence-electron chi connectivity index (χ2n) is 17.6. The number of hydrogen-bond acceptors (Lipinski definition) is 14. The number of Topliss-reactive ketones (excluding diaryl/α,β-unsaturated/α-hetero) is 1. The summed E-state index contributed by atoms with van der Waals surface area (Å²) in [5, 5.41) is 52.1. The van der Waals surface area contributed by atoms with E-state index in [1.807, 2.05) is 0 Å². The molecule has 4 aliphatic rings. The lowest BCUT2D eigenvalue weighted by Crippen LogP contribution is -2.83. The van der Waals surface area contributed by atoms with Crippen LogP contribution < -0.4 is 5.32 Å². The summed E-state index contributed by atoms with van der Waals surface area (Å²) in [4.78, 5) is 69.2. The summed E-state index contributed by atoms with van der Waals surface area (Å²) in [6, 6.07) is 14.5. The van der Waals surface area contributed by atoms with Crippen LogP contribution in [-0.4, -0.2) is 110 Å². The molecule has 0 radical (unpaired) electrons. The number of carbonyl (C=O) groups excluding carboxylic acids is 5. The van der Waals surface area contributed by atoms with Gasteiger partial charge in [-0.05, 0) is 45.4 Å². The van der Waals surface area contributed by atoms with Crippen LogP contribution in [0.15, 0.2) is 71.8 Å². The number of aliphatic hydroxyl groups is 4. The average Bonchev–Trinajstić information content (AvgIpc) is 3.14. The van der Waals surface area contributed by atoms with E-state index in [1.165, 1.54) is 32.9 Å². The summed E-state index contributed by atoms with van der Waals surface area (Å²) in [5.74, 6) is -5.46. The maximum absolute atomic E-state index is 14.7. The molecule has 11 atom stereocenters. The molecule has 1 saturated heterocycles. The van der Waals surface area contributed by atoms with Crippen molar-refractivity contribution >= 4 is 29.8 Å². The second-order valence-corrected chi connectivity index (χ2v) is 17.6. The molecule has 3 aliphatic carbocycles. The molecule has 314 valence electrons. The molecule has 5 N–H and O–H groups in total. The third-order valence-corrected chi connectivity index (χ3v) is 12.5. The minimum Gasteiger partial charge on any atom is -0.457 e. The number of amides is 1. The molecular weight excluding hydrogens is 754 g/mol. The van der Waals surface area contributed by atoms with Crippen molar-refractivity contribution in [2.45, 2.75) is 128 Å². The van der Waals surface area contributed by atoms with Crippen LogP contribution in [0.5, 0.6) is 0 Å². The van der Waals surface area contributed by atoms with Gasteiger partial charge in [-0.15, -0.1) is 0 Å². The smallest absolute Gasteiger partial charge is 0.408 e. The van der Waals surface area contributed by atoms with Crippen molar-refractivity contribution in [3.05, 3.63) is 82.9 Å². The number of benzene rings is 2. The zero-order valence-corrected chi connectivity index (χ0v) is 33.9. The first-order valence-corrected chi connectivity index (χ1v) is 19.3. The predicted octanol–water partition coefficient (Wildman–Crippen LogP) is 3.26. The Morgan fingerprint density at radius 1 is 0.948 bits per heavy atom. The normalized spacial score (nSPS) is 33.7. The molecule has 1 aliphatic heterocycles. The van der Waals surface area contributed by atoms with Crippen LogP contribution in [0.2, 0.25) is 0 Å². The van der Waals surface area contributed by atoms with E-state index >= 15 is 0 Å². The number of ketones is 1. The highest BCUT2D eigenvalue weighted by molar-refractivity contribution is 6.02. The topological polar surface area (TPSA) is 224 Å². The molecule has 3 fully saturated rings. The highest BCUT2D eigenvalue weighted by Crippen LogP contribution is 2.64. The summed E-state index contributed by atoms with van der Waals surface area (Å²) in [6.07, 6.45) is -11.7. The van der Waals surface area contributed by atoms with Gasteiger partial charge in [-0.3, -0.25) is 9.59 Å². The quantitative estimate of drug-likeness (QED) is 0.191. The van der Waals surface area contributed by atoms with Crippen molar-refractivity contribution in [1.82, 2.24) is 5.32 Å². The Labute approximate surface area is 336 Å². The van der Waals surface area contributed by atoms with Gasteiger partial charge < -0.3 is 49.4 Å². The fourth-order valence-electron chi connectivity index (χ4n) is 9.71. The van der Waals surface area contributed by atoms with Crippen LogP contribution in [0, 0.1) is 16.7 Å². The maximum Gasteiger partial charge on any atom is 0.408 e. The van der Waals surface area contributed by atoms with Gasteiger partial charge in [0.2, 0.25) is 0 Å². The maximum atomic E-state index is 14.7. The number of esters is 3. The lowest BCUT2D eigenvalue weighted by Gasteiger charge is -2.68. The van der Waals surface area contributed by atoms with E-state index in [0.717, 1.165) is 6.92 Å². The Morgan fingerprint density at radius 3 is 2.10 bits per heavy atom. The van der Waals surface area contributed by atoms with Crippen LogP contribution in [0.1, 0.15) is 90.2 Å². The standard InChI is InChI=1S/C43H53NO14/c1-22-19-28(55-37(51)32(48)30(24-15-11-9-12-16-24)44-38(52)58-39(3,4)5)43(53)35(56-36(50)25-17-13-10-14-18-25)33-41(8,34(49)31(47)29(22)40(43,6)7)26(46)20-27-42(33,21-54-27)57-23(2)45/h9-18,26-28,30,32-35,46,48-49,53H,19-21H2,1-8H3,(H,44,52)/t26-,27+,28+,30-,32+,33-,34?,35-,41+,42-,43+/m0/s1. The third kappa shape index (κ3) is 7.00. The Balaban J connectivity index is 1.53. The Bertz CT molecular complexity index is 1980. The molecule has 0 aromatic heterocycles. The number of fused-ring (bicyclic) bond motifs is 5. The van der Waals surface area contributed by atoms with Gasteiger partial charge in [0, 0.05) is 36.2 Å². The van der Waals surface area contributed by atoms with Crippen molar-refractivity contribution in [3.8, 4) is 0 Å². The molecule has 0 spiro atoms. The van der Waals surface area contributed by atoms with Gasteiger partial charge in [-0.1, -0.05) is 74.9 Å². The van der Waals surface area contributed by atoms with Gasteiger partial charge in [-0.25, -0.2) is 14.4 Å². The largest absolute Gasteiger partial charge is 0.457 e. The number of nitrogens with one attached hydrogen (secondary N) is 1. The van der Waals surface area contributed by atoms with Crippen molar-refractivity contribution in [2.24, 2.45) is 16.7 Å². The van der Waals surface area contributed by atoms with Crippen molar-refractivity contribution < 1.29 is 68.1 Å².